The first-order valence-electron chi connectivity index (χ1n) is 12.1. The van der Waals surface area contributed by atoms with Gasteiger partial charge < -0.3 is 20.5 Å². The molecule has 212 valence electrons. The van der Waals surface area contributed by atoms with Crippen LogP contribution in [0.25, 0.3) is 22.8 Å². The highest BCUT2D eigenvalue weighted by molar-refractivity contribution is 7.90. The van der Waals surface area contributed by atoms with E-state index in [9.17, 15) is 18.0 Å². The van der Waals surface area contributed by atoms with Crippen molar-refractivity contribution in [3.05, 3.63) is 102 Å². The normalized spacial score (nSPS) is 11.0. The van der Waals surface area contributed by atoms with Gasteiger partial charge in [0, 0.05) is 46.3 Å². The summed E-state index contributed by atoms with van der Waals surface area (Å²) in [5.74, 6) is 0.0971. The number of hydrogen-bond donors (Lipinski definition) is 5. The smallest absolute Gasteiger partial charge is 0.323 e. The molecule has 0 aliphatic heterocycles. The molecule has 13 nitrogen and oxygen atoms in total. The molecule has 0 saturated carbocycles. The number of anilines is 4. The fourth-order valence-electron chi connectivity index (χ4n) is 3.73. The molecule has 0 radical (unpaired) electrons. The van der Waals surface area contributed by atoms with Crippen LogP contribution in [0.5, 0.6) is 0 Å². The summed E-state index contributed by atoms with van der Waals surface area (Å²) >= 11 is 6.46. The van der Waals surface area contributed by atoms with E-state index in [1.807, 2.05) is 0 Å². The number of carbonyl (C=O) groups excluding carboxylic acids is 2. The number of carbonyl (C=O) groups is 2. The third-order valence-electron chi connectivity index (χ3n) is 5.59. The fraction of sp³-hybridized carbons (Fsp3) is 0. The van der Waals surface area contributed by atoms with Crippen LogP contribution in [0.15, 0.2) is 95.8 Å². The Hall–Kier alpha value is -5.31. The summed E-state index contributed by atoms with van der Waals surface area (Å²) in [5.41, 5.74) is 3.04. The zero-order valence-electron chi connectivity index (χ0n) is 21.4. The number of pyridine rings is 1. The molecular weight excluding hydrogens is 584 g/mol. The zero-order valence-corrected chi connectivity index (χ0v) is 23.0. The number of nitrogens with zero attached hydrogens (tertiary/aromatic N) is 3. The van der Waals surface area contributed by atoms with Crippen LogP contribution < -0.4 is 25.8 Å². The summed E-state index contributed by atoms with van der Waals surface area (Å²) in [4.78, 5) is 33.3. The predicted octanol–water partition coefficient (Wildman–Crippen LogP) is 4.96. The van der Waals surface area contributed by atoms with Gasteiger partial charge in [-0.05, 0) is 72.8 Å². The van der Waals surface area contributed by atoms with Crippen molar-refractivity contribution in [3.63, 3.8) is 0 Å². The molecule has 0 atom stereocenters. The van der Waals surface area contributed by atoms with E-state index in [1.165, 1.54) is 30.5 Å². The molecule has 0 bridgehead atoms. The van der Waals surface area contributed by atoms with Gasteiger partial charge in [-0.2, -0.15) is 13.4 Å². The summed E-state index contributed by atoms with van der Waals surface area (Å²) in [6.07, 6.45) is 3.04. The Morgan fingerprint density at radius 3 is 2.26 bits per heavy atom. The van der Waals surface area contributed by atoms with Crippen molar-refractivity contribution in [2.75, 3.05) is 20.7 Å². The summed E-state index contributed by atoms with van der Waals surface area (Å²) in [5, 5.41) is 17.4. The lowest BCUT2D eigenvalue weighted by atomic mass is 10.1. The number of aromatic nitrogens is 3. The van der Waals surface area contributed by atoms with Crippen LogP contribution in [0.1, 0.15) is 10.4 Å². The standard InChI is InChI=1S/C27H21ClN8O5S/c28-23-14-21(31-25(37)17-4-2-12-30-15-17)10-11-22(23)24-34-26(41-35-24)16-3-1-5-20(13-16)33-27(38)32-18-6-8-19(9-7-18)36-42(29,39)40/h1-15,36H,(H,31,37)(H2,29,39,40)(H2,32,33,38). The van der Waals surface area contributed by atoms with Crippen LogP contribution in [-0.2, 0) is 10.2 Å². The first-order chi connectivity index (χ1) is 20.1. The second kappa shape index (κ2) is 12.1. The van der Waals surface area contributed by atoms with Crippen molar-refractivity contribution >= 4 is 56.5 Å². The third kappa shape index (κ3) is 7.25. The molecule has 15 heteroatoms. The fourth-order valence-corrected chi connectivity index (χ4v) is 4.46. The van der Waals surface area contributed by atoms with Gasteiger partial charge in [0.1, 0.15) is 0 Å². The Balaban J connectivity index is 1.23. The van der Waals surface area contributed by atoms with Gasteiger partial charge in [0.05, 0.1) is 10.6 Å². The Kier molecular flexibility index (Phi) is 8.10. The topological polar surface area (TPSA) is 194 Å². The molecule has 3 amide bonds. The molecule has 0 saturated heterocycles. The van der Waals surface area contributed by atoms with Crippen LogP contribution in [0.3, 0.4) is 0 Å². The number of benzene rings is 3. The van der Waals surface area contributed by atoms with Crippen LogP contribution in [-0.4, -0.2) is 35.5 Å². The molecule has 0 aliphatic rings. The lowest BCUT2D eigenvalue weighted by Crippen LogP contribution is -2.22. The minimum absolute atomic E-state index is 0.192. The Morgan fingerprint density at radius 2 is 1.55 bits per heavy atom. The van der Waals surface area contributed by atoms with Crippen LogP contribution in [0.4, 0.5) is 27.5 Å². The summed E-state index contributed by atoms with van der Waals surface area (Å²) in [6.45, 7) is 0. The first-order valence-corrected chi connectivity index (χ1v) is 14.0. The van der Waals surface area contributed by atoms with Crippen LogP contribution >= 0.6 is 11.6 Å². The molecule has 3 aromatic carbocycles. The van der Waals surface area contributed by atoms with E-state index in [1.54, 1.807) is 60.8 Å². The molecule has 6 N–H and O–H groups in total. The SMILES string of the molecule is NS(=O)(=O)Nc1ccc(NC(=O)Nc2cccc(-c3nc(-c4ccc(NC(=O)c5cccnc5)cc4Cl)no3)c2)cc1. The minimum atomic E-state index is -3.90. The third-order valence-corrected chi connectivity index (χ3v) is 6.42. The average Bonchev–Trinajstić information content (AvgIpc) is 3.44. The Morgan fingerprint density at radius 1 is 0.833 bits per heavy atom. The highest BCUT2D eigenvalue weighted by Gasteiger charge is 2.16. The molecule has 2 aromatic heterocycles. The first kappa shape index (κ1) is 28.2. The van der Waals surface area contributed by atoms with Gasteiger partial charge in [0.15, 0.2) is 0 Å². The zero-order chi connectivity index (χ0) is 29.7. The number of amides is 3. The molecule has 5 aromatic rings. The number of halogens is 1. The summed E-state index contributed by atoms with van der Waals surface area (Å²) < 4.78 is 29.8. The Labute approximate surface area is 244 Å². The summed E-state index contributed by atoms with van der Waals surface area (Å²) in [7, 11) is -3.90. The lowest BCUT2D eigenvalue weighted by Gasteiger charge is -2.09. The lowest BCUT2D eigenvalue weighted by molar-refractivity contribution is 0.102. The van der Waals surface area contributed by atoms with Crippen molar-refractivity contribution in [1.29, 1.82) is 0 Å². The van der Waals surface area contributed by atoms with Gasteiger partial charge in [-0.15, -0.1) is 0 Å². The monoisotopic (exact) mass is 604 g/mol. The van der Waals surface area contributed by atoms with E-state index >= 15 is 0 Å². The molecule has 42 heavy (non-hydrogen) atoms. The van der Waals surface area contributed by atoms with Crippen molar-refractivity contribution in [2.45, 2.75) is 0 Å². The largest absolute Gasteiger partial charge is 0.334 e. The van der Waals surface area contributed by atoms with Gasteiger partial charge in [0.25, 0.3) is 22.0 Å². The van der Waals surface area contributed by atoms with Gasteiger partial charge in [-0.3, -0.25) is 14.5 Å². The van der Waals surface area contributed by atoms with Gasteiger partial charge in [-0.1, -0.05) is 22.8 Å². The van der Waals surface area contributed by atoms with Gasteiger partial charge in [-0.25, -0.2) is 9.93 Å². The predicted molar refractivity (Wildman–Crippen MR) is 158 cm³/mol. The highest BCUT2D eigenvalue weighted by atomic mass is 35.5. The average molecular weight is 605 g/mol. The molecule has 0 unspecified atom stereocenters. The number of hydrogen-bond acceptors (Lipinski definition) is 8. The van der Waals surface area contributed by atoms with E-state index in [4.69, 9.17) is 21.3 Å². The maximum atomic E-state index is 12.5. The van der Waals surface area contributed by atoms with E-state index in [0.29, 0.717) is 38.8 Å². The van der Waals surface area contributed by atoms with E-state index < -0.39 is 16.2 Å². The second-order valence-corrected chi connectivity index (χ2v) is 10.4. The number of urea groups is 1. The molecule has 0 spiro atoms. The van der Waals surface area contributed by atoms with Gasteiger partial charge >= 0.3 is 6.03 Å². The molecular formula is C27H21ClN8O5S. The van der Waals surface area contributed by atoms with Crippen molar-refractivity contribution in [1.82, 2.24) is 15.1 Å². The number of nitrogens with two attached hydrogens (primary N) is 1. The Bertz CT molecular complexity index is 1870. The maximum absolute atomic E-state index is 12.5. The van der Waals surface area contributed by atoms with Crippen molar-refractivity contribution < 1.29 is 22.5 Å². The van der Waals surface area contributed by atoms with Gasteiger partial charge in [0.2, 0.25) is 5.82 Å². The summed E-state index contributed by atoms with van der Waals surface area (Å²) in [6, 6.07) is 20.4. The van der Waals surface area contributed by atoms with E-state index in [0.717, 1.165) is 0 Å². The van der Waals surface area contributed by atoms with E-state index in [2.05, 4.69) is 35.8 Å². The van der Waals surface area contributed by atoms with Crippen molar-refractivity contribution in [3.8, 4) is 22.8 Å². The minimum Gasteiger partial charge on any atom is -0.334 e. The second-order valence-electron chi connectivity index (χ2n) is 8.70. The molecule has 5 rings (SSSR count). The highest BCUT2D eigenvalue weighted by Crippen LogP contribution is 2.31. The quantitative estimate of drug-likeness (QED) is 0.164. The van der Waals surface area contributed by atoms with Crippen LogP contribution in [0.2, 0.25) is 5.02 Å². The maximum Gasteiger partial charge on any atom is 0.323 e. The number of nitrogens with one attached hydrogen (secondary N) is 4. The van der Waals surface area contributed by atoms with Crippen molar-refractivity contribution in [2.24, 2.45) is 5.14 Å². The molecule has 2 heterocycles. The molecule has 0 fully saturated rings. The number of rotatable bonds is 8. The van der Waals surface area contributed by atoms with E-state index in [-0.39, 0.29) is 23.3 Å². The van der Waals surface area contributed by atoms with Crippen LogP contribution in [0, 0.1) is 0 Å². The molecule has 0 aliphatic carbocycles.